The third kappa shape index (κ3) is 5.30. The number of carbonyl (C=O) groups is 2. The lowest BCUT2D eigenvalue weighted by atomic mass is 9.88. The van der Waals surface area contributed by atoms with Crippen molar-refractivity contribution in [3.05, 3.63) is 0 Å². The van der Waals surface area contributed by atoms with E-state index in [1.807, 2.05) is 19.0 Å². The topological polar surface area (TPSA) is 52.7 Å². The summed E-state index contributed by atoms with van der Waals surface area (Å²) in [6.45, 7) is 8.72. The molecule has 0 aromatic rings. The van der Waals surface area contributed by atoms with Gasteiger partial charge in [-0.1, -0.05) is 6.92 Å². The number of hydrogen-bond donors (Lipinski definition) is 1. The van der Waals surface area contributed by atoms with Crippen molar-refractivity contribution in [3.8, 4) is 0 Å². The largest absolute Gasteiger partial charge is 0.355 e. The second kappa shape index (κ2) is 7.78. The molecule has 21 heavy (non-hydrogen) atoms. The van der Waals surface area contributed by atoms with Gasteiger partial charge in [0.2, 0.25) is 11.8 Å². The Morgan fingerprint density at radius 3 is 2.57 bits per heavy atom. The molecule has 0 aromatic carbocycles. The van der Waals surface area contributed by atoms with Crippen molar-refractivity contribution >= 4 is 11.8 Å². The lowest BCUT2D eigenvalue weighted by Crippen LogP contribution is -2.52. The monoisotopic (exact) mass is 297 g/mol. The fourth-order valence-electron chi connectivity index (χ4n) is 2.68. The van der Waals surface area contributed by atoms with Crippen LogP contribution < -0.4 is 5.32 Å². The minimum Gasteiger partial charge on any atom is -0.355 e. The molecule has 0 saturated carbocycles. The zero-order valence-electron chi connectivity index (χ0n) is 14.2. The van der Waals surface area contributed by atoms with Crippen LogP contribution >= 0.6 is 0 Å². The highest BCUT2D eigenvalue weighted by molar-refractivity contribution is 6.04. The highest BCUT2D eigenvalue weighted by atomic mass is 16.2. The van der Waals surface area contributed by atoms with E-state index in [1.165, 1.54) is 6.42 Å². The number of hydrogen-bond acceptors (Lipinski definition) is 3. The van der Waals surface area contributed by atoms with E-state index in [2.05, 4.69) is 17.1 Å². The zero-order chi connectivity index (χ0) is 16.0. The van der Waals surface area contributed by atoms with Crippen molar-refractivity contribution in [1.29, 1.82) is 0 Å². The number of nitrogens with one attached hydrogen (secondary N) is 1. The smallest absolute Gasteiger partial charge is 0.237 e. The first kappa shape index (κ1) is 18.0. The lowest BCUT2D eigenvalue weighted by Gasteiger charge is -2.36. The molecule has 1 unspecified atom stereocenters. The first-order chi connectivity index (χ1) is 9.75. The van der Waals surface area contributed by atoms with Crippen molar-refractivity contribution in [1.82, 2.24) is 15.1 Å². The maximum absolute atomic E-state index is 12.6. The van der Waals surface area contributed by atoms with Gasteiger partial charge in [0.1, 0.15) is 5.41 Å². The summed E-state index contributed by atoms with van der Waals surface area (Å²) in [5, 5.41) is 2.90. The van der Waals surface area contributed by atoms with E-state index >= 15 is 0 Å². The SMILES string of the molecule is CC1CCCN(C(=O)C(C)(C)C(=O)NCCCN(C)C)C1. The van der Waals surface area contributed by atoms with Gasteiger partial charge < -0.3 is 15.1 Å². The van der Waals surface area contributed by atoms with Gasteiger partial charge in [0.15, 0.2) is 0 Å². The molecular formula is C16H31N3O2. The van der Waals surface area contributed by atoms with Crippen LogP contribution in [0.1, 0.15) is 40.0 Å². The van der Waals surface area contributed by atoms with Gasteiger partial charge in [-0.25, -0.2) is 0 Å². The van der Waals surface area contributed by atoms with Crippen molar-refractivity contribution in [2.75, 3.05) is 40.3 Å². The Kier molecular flexibility index (Phi) is 6.65. The number of rotatable bonds is 6. The van der Waals surface area contributed by atoms with E-state index in [0.29, 0.717) is 12.5 Å². The molecule has 1 aliphatic rings. The first-order valence-electron chi connectivity index (χ1n) is 7.97. The maximum atomic E-state index is 12.6. The predicted molar refractivity (Wildman–Crippen MR) is 84.9 cm³/mol. The molecule has 1 rings (SSSR count). The van der Waals surface area contributed by atoms with Crippen molar-refractivity contribution in [3.63, 3.8) is 0 Å². The normalized spacial score (nSPS) is 19.7. The van der Waals surface area contributed by atoms with Crippen molar-refractivity contribution in [2.24, 2.45) is 11.3 Å². The van der Waals surface area contributed by atoms with E-state index < -0.39 is 5.41 Å². The van der Waals surface area contributed by atoms with Gasteiger partial charge in [-0.05, 0) is 59.7 Å². The molecule has 1 atom stereocenters. The number of piperidine rings is 1. The van der Waals surface area contributed by atoms with E-state index in [0.717, 1.165) is 32.5 Å². The summed E-state index contributed by atoms with van der Waals surface area (Å²) in [5.41, 5.74) is -0.977. The Labute approximate surface area is 129 Å². The fraction of sp³-hybridized carbons (Fsp3) is 0.875. The van der Waals surface area contributed by atoms with Gasteiger partial charge in [0.25, 0.3) is 0 Å². The molecule has 5 nitrogen and oxygen atoms in total. The van der Waals surface area contributed by atoms with Crippen molar-refractivity contribution in [2.45, 2.75) is 40.0 Å². The Morgan fingerprint density at radius 2 is 2.00 bits per heavy atom. The van der Waals surface area contributed by atoms with Gasteiger partial charge in [-0.15, -0.1) is 0 Å². The van der Waals surface area contributed by atoms with Crippen LogP contribution in [0.5, 0.6) is 0 Å². The van der Waals surface area contributed by atoms with Gasteiger partial charge in [-0.2, -0.15) is 0 Å². The van der Waals surface area contributed by atoms with E-state index in [4.69, 9.17) is 0 Å². The summed E-state index contributed by atoms with van der Waals surface area (Å²) in [6, 6.07) is 0. The van der Waals surface area contributed by atoms with Gasteiger partial charge >= 0.3 is 0 Å². The predicted octanol–water partition coefficient (Wildman–Crippen LogP) is 1.34. The molecule has 1 heterocycles. The van der Waals surface area contributed by atoms with E-state index in [-0.39, 0.29) is 11.8 Å². The summed E-state index contributed by atoms with van der Waals surface area (Å²) in [4.78, 5) is 28.8. The molecule has 1 saturated heterocycles. The Bertz CT molecular complexity index is 367. The average molecular weight is 297 g/mol. The van der Waals surface area contributed by atoms with Crippen LogP contribution in [0.25, 0.3) is 0 Å². The molecule has 0 bridgehead atoms. The minimum absolute atomic E-state index is 0.0424. The summed E-state index contributed by atoms with van der Waals surface area (Å²) in [7, 11) is 4.01. The van der Waals surface area contributed by atoms with Crippen LogP contribution in [0.15, 0.2) is 0 Å². The Balaban J connectivity index is 2.49. The zero-order valence-corrected chi connectivity index (χ0v) is 14.2. The molecule has 5 heteroatoms. The molecular weight excluding hydrogens is 266 g/mol. The molecule has 1 N–H and O–H groups in total. The van der Waals surface area contributed by atoms with Crippen LogP contribution in [-0.2, 0) is 9.59 Å². The van der Waals surface area contributed by atoms with E-state index in [9.17, 15) is 9.59 Å². The first-order valence-corrected chi connectivity index (χ1v) is 7.97. The number of likely N-dealkylation sites (tertiary alicyclic amines) is 1. The van der Waals surface area contributed by atoms with Crippen LogP contribution in [0.3, 0.4) is 0 Å². The molecule has 1 aliphatic heterocycles. The molecule has 0 spiro atoms. The minimum atomic E-state index is -0.977. The lowest BCUT2D eigenvalue weighted by molar-refractivity contribution is -0.149. The summed E-state index contributed by atoms with van der Waals surface area (Å²) >= 11 is 0. The summed E-state index contributed by atoms with van der Waals surface area (Å²) < 4.78 is 0. The third-order valence-corrected chi connectivity index (χ3v) is 4.11. The summed E-state index contributed by atoms with van der Waals surface area (Å²) in [6.07, 6.45) is 3.10. The molecule has 0 aliphatic carbocycles. The maximum Gasteiger partial charge on any atom is 0.237 e. The quantitative estimate of drug-likeness (QED) is 0.594. The van der Waals surface area contributed by atoms with Crippen molar-refractivity contribution < 1.29 is 9.59 Å². The van der Waals surface area contributed by atoms with Crippen LogP contribution in [0.4, 0.5) is 0 Å². The standard InChI is InChI=1S/C16H31N3O2/c1-13-8-6-11-19(12-13)15(21)16(2,3)14(20)17-9-7-10-18(4)5/h13H,6-12H2,1-5H3,(H,17,20). The summed E-state index contributed by atoms with van der Waals surface area (Å²) in [5.74, 6) is 0.324. The average Bonchev–Trinajstić information content (AvgIpc) is 2.42. The van der Waals surface area contributed by atoms with Gasteiger partial charge in [-0.3, -0.25) is 9.59 Å². The second-order valence-corrected chi connectivity index (χ2v) is 7.04. The second-order valence-electron chi connectivity index (χ2n) is 7.04. The highest BCUT2D eigenvalue weighted by Gasteiger charge is 2.39. The van der Waals surface area contributed by atoms with Gasteiger partial charge in [0.05, 0.1) is 0 Å². The van der Waals surface area contributed by atoms with Crippen LogP contribution in [0, 0.1) is 11.3 Å². The number of carbonyl (C=O) groups excluding carboxylic acids is 2. The van der Waals surface area contributed by atoms with Gasteiger partial charge in [0, 0.05) is 19.6 Å². The molecule has 122 valence electrons. The molecule has 0 aromatic heterocycles. The fourth-order valence-corrected chi connectivity index (χ4v) is 2.68. The molecule has 0 radical (unpaired) electrons. The highest BCUT2D eigenvalue weighted by Crippen LogP contribution is 2.24. The Morgan fingerprint density at radius 1 is 1.33 bits per heavy atom. The number of amides is 2. The third-order valence-electron chi connectivity index (χ3n) is 4.11. The van der Waals surface area contributed by atoms with E-state index in [1.54, 1.807) is 13.8 Å². The van der Waals surface area contributed by atoms with Crippen LogP contribution in [-0.4, -0.2) is 61.9 Å². The number of nitrogens with zero attached hydrogens (tertiary/aromatic N) is 2. The van der Waals surface area contributed by atoms with Crippen LogP contribution in [0.2, 0.25) is 0 Å². The molecule has 1 fully saturated rings. The molecule has 2 amide bonds. The Hall–Kier alpha value is -1.10.